The minimum Gasteiger partial charge on any atom is -0.361 e. The molecule has 0 unspecified atom stereocenters. The Bertz CT molecular complexity index is 874. The number of hydrogen-bond acceptors (Lipinski definition) is 7. The Labute approximate surface area is 167 Å². The summed E-state index contributed by atoms with van der Waals surface area (Å²) >= 11 is 1.52. The van der Waals surface area contributed by atoms with Crippen molar-refractivity contribution in [3.05, 3.63) is 47.1 Å². The van der Waals surface area contributed by atoms with Crippen LogP contribution in [0.15, 0.2) is 28.8 Å². The van der Waals surface area contributed by atoms with Gasteiger partial charge >= 0.3 is 0 Å². The zero-order valence-corrected chi connectivity index (χ0v) is 16.6. The van der Waals surface area contributed by atoms with Gasteiger partial charge in [-0.2, -0.15) is 5.10 Å². The summed E-state index contributed by atoms with van der Waals surface area (Å²) in [5.74, 6) is 3.01. The first-order valence-electron chi connectivity index (χ1n) is 8.08. The Morgan fingerprint density at radius 2 is 2.04 bits per heavy atom. The molecule has 3 aromatic rings. The van der Waals surface area contributed by atoms with E-state index in [9.17, 15) is 4.79 Å². The molecule has 2 aromatic heterocycles. The van der Waals surface area contributed by atoms with Crippen LogP contribution in [0.4, 0.5) is 5.69 Å². The van der Waals surface area contributed by atoms with Gasteiger partial charge in [-0.15, -0.1) is 24.2 Å². The van der Waals surface area contributed by atoms with Crippen molar-refractivity contribution in [1.29, 1.82) is 0 Å². The molecule has 3 rings (SSSR count). The summed E-state index contributed by atoms with van der Waals surface area (Å²) in [6.07, 6.45) is 0. The van der Waals surface area contributed by atoms with Crippen LogP contribution in [0.3, 0.4) is 0 Å². The standard InChI is InChI=1S/C17H20N6O2S.ClH/c1-10-14(11(2)25-23-10)8-26-9-16(24)19-13-5-3-12(4-6-13)17-20-15(7-18)21-22-17;/h3-6H,7-9,18H2,1-2H3,(H,19,24)(H,20,21,22);1H. The van der Waals surface area contributed by atoms with Gasteiger partial charge in [0.2, 0.25) is 5.91 Å². The SMILES string of the molecule is Cc1noc(C)c1CSCC(=O)Nc1ccc(-c2n[nH]c(CN)n2)cc1.Cl. The van der Waals surface area contributed by atoms with E-state index in [2.05, 4.69) is 25.7 Å². The van der Waals surface area contributed by atoms with E-state index in [0.717, 1.165) is 28.3 Å². The fraction of sp³-hybridized carbons (Fsp3) is 0.294. The zero-order chi connectivity index (χ0) is 18.5. The highest BCUT2D eigenvalue weighted by Gasteiger charge is 2.11. The fourth-order valence-electron chi connectivity index (χ4n) is 2.37. The summed E-state index contributed by atoms with van der Waals surface area (Å²) in [5.41, 5.74) is 9.02. The maximum Gasteiger partial charge on any atom is 0.234 e. The number of halogens is 1. The van der Waals surface area contributed by atoms with Gasteiger partial charge in [0.15, 0.2) is 5.82 Å². The van der Waals surface area contributed by atoms with Gasteiger partial charge in [0.1, 0.15) is 11.6 Å². The van der Waals surface area contributed by atoms with Gasteiger partial charge in [-0.1, -0.05) is 5.16 Å². The van der Waals surface area contributed by atoms with Crippen LogP contribution in [-0.2, 0) is 17.1 Å². The molecular weight excluding hydrogens is 388 g/mol. The van der Waals surface area contributed by atoms with Crippen LogP contribution in [-0.4, -0.2) is 32.0 Å². The van der Waals surface area contributed by atoms with Gasteiger partial charge in [0.05, 0.1) is 18.0 Å². The number of hydrogen-bond donors (Lipinski definition) is 3. The first-order valence-corrected chi connectivity index (χ1v) is 9.23. The molecule has 0 saturated heterocycles. The van der Waals surface area contributed by atoms with Gasteiger partial charge in [0.25, 0.3) is 0 Å². The van der Waals surface area contributed by atoms with E-state index in [-0.39, 0.29) is 18.3 Å². The maximum atomic E-state index is 12.1. The summed E-state index contributed by atoms with van der Waals surface area (Å²) < 4.78 is 5.12. The van der Waals surface area contributed by atoms with Gasteiger partial charge in [-0.3, -0.25) is 9.89 Å². The van der Waals surface area contributed by atoms with Crippen molar-refractivity contribution in [2.45, 2.75) is 26.1 Å². The number of anilines is 1. The number of thioether (sulfide) groups is 1. The average Bonchev–Trinajstić information content (AvgIpc) is 3.24. The number of nitrogens with zero attached hydrogens (tertiary/aromatic N) is 3. The summed E-state index contributed by atoms with van der Waals surface area (Å²) in [6, 6.07) is 7.36. The summed E-state index contributed by atoms with van der Waals surface area (Å²) in [6.45, 7) is 4.09. The number of amides is 1. The molecule has 27 heavy (non-hydrogen) atoms. The number of carbonyl (C=O) groups is 1. The third-order valence-electron chi connectivity index (χ3n) is 3.81. The molecule has 0 radical (unpaired) electrons. The molecule has 0 atom stereocenters. The van der Waals surface area contributed by atoms with Crippen molar-refractivity contribution in [3.8, 4) is 11.4 Å². The van der Waals surface area contributed by atoms with Crippen molar-refractivity contribution < 1.29 is 9.32 Å². The summed E-state index contributed by atoms with van der Waals surface area (Å²) in [4.78, 5) is 16.4. The van der Waals surface area contributed by atoms with Crippen molar-refractivity contribution in [2.75, 3.05) is 11.1 Å². The summed E-state index contributed by atoms with van der Waals surface area (Å²) in [5, 5.41) is 13.7. The van der Waals surface area contributed by atoms with E-state index in [1.165, 1.54) is 11.8 Å². The molecule has 2 heterocycles. The molecule has 0 aliphatic heterocycles. The van der Waals surface area contributed by atoms with Gasteiger partial charge < -0.3 is 15.6 Å². The Morgan fingerprint density at radius 3 is 2.63 bits per heavy atom. The zero-order valence-electron chi connectivity index (χ0n) is 15.0. The lowest BCUT2D eigenvalue weighted by Gasteiger charge is -2.06. The number of benzene rings is 1. The number of rotatable bonds is 7. The smallest absolute Gasteiger partial charge is 0.234 e. The number of carbonyl (C=O) groups excluding carboxylic acids is 1. The molecule has 8 nitrogen and oxygen atoms in total. The van der Waals surface area contributed by atoms with Gasteiger partial charge in [-0.05, 0) is 38.1 Å². The molecule has 0 aliphatic carbocycles. The molecule has 0 saturated carbocycles. The summed E-state index contributed by atoms with van der Waals surface area (Å²) in [7, 11) is 0. The molecule has 0 spiro atoms. The Kier molecular flexibility index (Phi) is 7.40. The normalized spacial score (nSPS) is 10.5. The number of aryl methyl sites for hydroxylation is 2. The second kappa shape index (κ2) is 9.54. The molecule has 1 aromatic carbocycles. The quantitative estimate of drug-likeness (QED) is 0.549. The first kappa shape index (κ1) is 20.9. The molecule has 10 heteroatoms. The molecule has 0 fully saturated rings. The average molecular weight is 409 g/mol. The van der Waals surface area contributed by atoms with Crippen LogP contribution >= 0.6 is 24.2 Å². The van der Waals surface area contributed by atoms with Crippen molar-refractivity contribution in [1.82, 2.24) is 20.3 Å². The predicted molar refractivity (Wildman–Crippen MR) is 108 cm³/mol. The second-order valence-electron chi connectivity index (χ2n) is 5.73. The monoisotopic (exact) mass is 408 g/mol. The molecule has 0 aliphatic rings. The highest BCUT2D eigenvalue weighted by molar-refractivity contribution is 7.99. The number of nitrogens with one attached hydrogen (secondary N) is 2. The number of aromatic nitrogens is 4. The highest BCUT2D eigenvalue weighted by atomic mass is 35.5. The van der Waals surface area contributed by atoms with Crippen LogP contribution in [0, 0.1) is 13.8 Å². The molecule has 4 N–H and O–H groups in total. The molecule has 1 amide bonds. The van der Waals surface area contributed by atoms with E-state index in [0.29, 0.717) is 29.7 Å². The highest BCUT2D eigenvalue weighted by Crippen LogP contribution is 2.21. The Morgan fingerprint density at radius 1 is 1.30 bits per heavy atom. The first-order chi connectivity index (χ1) is 12.6. The van der Waals surface area contributed by atoms with Crippen molar-refractivity contribution in [2.24, 2.45) is 5.73 Å². The lowest BCUT2D eigenvalue weighted by molar-refractivity contribution is -0.113. The van der Waals surface area contributed by atoms with Crippen LogP contribution < -0.4 is 11.1 Å². The van der Waals surface area contributed by atoms with E-state index in [1.807, 2.05) is 38.1 Å². The molecule has 0 bridgehead atoms. The van der Waals surface area contributed by atoms with Crippen LogP contribution in [0.1, 0.15) is 22.8 Å². The van der Waals surface area contributed by atoms with Gasteiger partial charge in [-0.25, -0.2) is 4.98 Å². The van der Waals surface area contributed by atoms with E-state index in [4.69, 9.17) is 10.3 Å². The van der Waals surface area contributed by atoms with Crippen molar-refractivity contribution >= 4 is 35.8 Å². The Hall–Kier alpha value is -2.36. The number of nitrogens with two attached hydrogens (primary N) is 1. The fourth-order valence-corrected chi connectivity index (χ4v) is 3.35. The largest absolute Gasteiger partial charge is 0.361 e. The molecular formula is C17H21ClN6O2S. The third kappa shape index (κ3) is 5.31. The van der Waals surface area contributed by atoms with E-state index in [1.54, 1.807) is 0 Å². The van der Waals surface area contributed by atoms with Crippen LogP contribution in [0.25, 0.3) is 11.4 Å². The lowest BCUT2D eigenvalue weighted by atomic mass is 10.2. The number of H-pyrrole nitrogens is 1. The van der Waals surface area contributed by atoms with Gasteiger partial charge in [0, 0.05) is 22.6 Å². The lowest BCUT2D eigenvalue weighted by Crippen LogP contribution is -2.14. The topological polar surface area (TPSA) is 123 Å². The maximum absolute atomic E-state index is 12.1. The Balaban J connectivity index is 0.00000261. The number of aromatic amines is 1. The second-order valence-corrected chi connectivity index (χ2v) is 6.72. The minimum atomic E-state index is -0.0576. The van der Waals surface area contributed by atoms with E-state index >= 15 is 0 Å². The van der Waals surface area contributed by atoms with Crippen molar-refractivity contribution in [3.63, 3.8) is 0 Å². The third-order valence-corrected chi connectivity index (χ3v) is 4.77. The predicted octanol–water partition coefficient (Wildman–Crippen LogP) is 2.83. The van der Waals surface area contributed by atoms with Crippen LogP contribution in [0.5, 0.6) is 0 Å². The van der Waals surface area contributed by atoms with Crippen LogP contribution in [0.2, 0.25) is 0 Å². The molecule has 144 valence electrons. The minimum absolute atomic E-state index is 0. The van der Waals surface area contributed by atoms with E-state index < -0.39 is 0 Å².